The van der Waals surface area contributed by atoms with Gasteiger partial charge in [0.05, 0.1) is 13.2 Å². The molecular formula is C21H26ClNO3. The van der Waals surface area contributed by atoms with Crippen LogP contribution in [0.15, 0.2) is 36.4 Å². The van der Waals surface area contributed by atoms with Gasteiger partial charge in [-0.3, -0.25) is 4.79 Å². The molecule has 0 radical (unpaired) electrons. The molecule has 0 aliphatic heterocycles. The van der Waals surface area contributed by atoms with Gasteiger partial charge in [-0.1, -0.05) is 24.9 Å². The molecule has 0 fully saturated rings. The minimum atomic E-state index is -0.173. The summed E-state index contributed by atoms with van der Waals surface area (Å²) in [7, 11) is 0. The number of benzene rings is 2. The molecule has 1 N–H and O–H groups in total. The highest BCUT2D eigenvalue weighted by atomic mass is 35.5. The summed E-state index contributed by atoms with van der Waals surface area (Å²) in [4.78, 5) is 12.6. The highest BCUT2D eigenvalue weighted by molar-refractivity contribution is 6.30. The molecule has 0 heterocycles. The number of hydrogen-bond donors (Lipinski definition) is 1. The predicted octanol–water partition coefficient (Wildman–Crippen LogP) is 5.62. The van der Waals surface area contributed by atoms with Crippen LogP contribution in [-0.4, -0.2) is 19.1 Å². The van der Waals surface area contributed by atoms with Crippen LogP contribution >= 0.6 is 11.6 Å². The van der Waals surface area contributed by atoms with Gasteiger partial charge < -0.3 is 14.8 Å². The van der Waals surface area contributed by atoms with Crippen LogP contribution in [-0.2, 0) is 11.3 Å². The third kappa shape index (κ3) is 5.75. The van der Waals surface area contributed by atoms with E-state index in [1.165, 1.54) is 0 Å². The lowest BCUT2D eigenvalue weighted by Gasteiger charge is -2.13. The molecule has 0 unspecified atom stereocenters. The Hall–Kier alpha value is -2.04. The number of aryl methyl sites for hydroxylation is 1. The summed E-state index contributed by atoms with van der Waals surface area (Å²) in [5.41, 5.74) is 3.11. The zero-order valence-corrected chi connectivity index (χ0v) is 16.4. The van der Waals surface area contributed by atoms with Crippen LogP contribution < -0.4 is 10.1 Å². The molecule has 0 bridgehead atoms. The standard InChI is InChI=1S/C21H26ClNO3/c1-4-6-11-25-14-17-13-16(7-10-20(17)26-5-2)21(24)23-19-9-8-18(22)12-15(19)3/h7-10,12-13H,4-6,11,14H2,1-3H3,(H,23,24). The van der Waals surface area contributed by atoms with E-state index in [0.717, 1.165) is 35.4 Å². The van der Waals surface area contributed by atoms with E-state index in [1.807, 2.05) is 32.0 Å². The Bertz CT molecular complexity index is 746. The highest BCUT2D eigenvalue weighted by Gasteiger charge is 2.12. The predicted molar refractivity (Wildman–Crippen MR) is 106 cm³/mol. The molecule has 2 aromatic rings. The summed E-state index contributed by atoms with van der Waals surface area (Å²) < 4.78 is 11.4. The summed E-state index contributed by atoms with van der Waals surface area (Å²) in [6, 6.07) is 10.8. The van der Waals surface area contributed by atoms with Crippen molar-refractivity contribution < 1.29 is 14.3 Å². The first-order valence-corrected chi connectivity index (χ1v) is 9.34. The maximum absolute atomic E-state index is 12.6. The van der Waals surface area contributed by atoms with Crippen molar-refractivity contribution in [3.8, 4) is 5.75 Å². The van der Waals surface area contributed by atoms with Gasteiger partial charge in [-0.15, -0.1) is 0 Å². The minimum absolute atomic E-state index is 0.173. The lowest BCUT2D eigenvalue weighted by atomic mass is 10.1. The summed E-state index contributed by atoms with van der Waals surface area (Å²) in [6.45, 7) is 7.66. The Labute approximate surface area is 160 Å². The molecule has 140 valence electrons. The Balaban J connectivity index is 2.15. The van der Waals surface area contributed by atoms with Crippen LogP contribution in [0.3, 0.4) is 0 Å². The number of rotatable bonds is 9. The van der Waals surface area contributed by atoms with Crippen LogP contribution in [0.25, 0.3) is 0 Å². The van der Waals surface area contributed by atoms with E-state index in [1.54, 1.807) is 18.2 Å². The maximum atomic E-state index is 12.6. The molecule has 0 aliphatic carbocycles. The van der Waals surface area contributed by atoms with Gasteiger partial charge in [-0.2, -0.15) is 0 Å². The quantitative estimate of drug-likeness (QED) is 0.579. The van der Waals surface area contributed by atoms with E-state index in [2.05, 4.69) is 12.2 Å². The summed E-state index contributed by atoms with van der Waals surface area (Å²) in [5, 5.41) is 3.58. The lowest BCUT2D eigenvalue weighted by molar-refractivity contribution is 0.102. The number of amides is 1. The van der Waals surface area contributed by atoms with E-state index < -0.39 is 0 Å². The molecule has 0 saturated carbocycles. The second-order valence-electron chi connectivity index (χ2n) is 6.08. The number of carbonyl (C=O) groups excluding carboxylic acids is 1. The number of unbranched alkanes of at least 4 members (excludes halogenated alkanes) is 1. The van der Waals surface area contributed by atoms with E-state index in [-0.39, 0.29) is 5.91 Å². The molecule has 0 saturated heterocycles. The van der Waals surface area contributed by atoms with Crippen molar-refractivity contribution in [2.24, 2.45) is 0 Å². The van der Waals surface area contributed by atoms with Gasteiger partial charge in [0.2, 0.25) is 0 Å². The summed E-state index contributed by atoms with van der Waals surface area (Å²) in [5.74, 6) is 0.580. The number of halogens is 1. The molecule has 0 aliphatic rings. The van der Waals surface area contributed by atoms with Gasteiger partial charge in [0, 0.05) is 28.4 Å². The van der Waals surface area contributed by atoms with Gasteiger partial charge in [0.25, 0.3) is 5.91 Å². The summed E-state index contributed by atoms with van der Waals surface area (Å²) in [6.07, 6.45) is 2.10. The number of hydrogen-bond acceptors (Lipinski definition) is 3. The van der Waals surface area contributed by atoms with Gasteiger partial charge >= 0.3 is 0 Å². The fraction of sp³-hybridized carbons (Fsp3) is 0.381. The van der Waals surface area contributed by atoms with Crippen molar-refractivity contribution in [2.75, 3.05) is 18.5 Å². The molecule has 1 amide bonds. The molecule has 0 aromatic heterocycles. The van der Waals surface area contributed by atoms with Gasteiger partial charge in [0.1, 0.15) is 5.75 Å². The normalized spacial score (nSPS) is 10.6. The summed E-state index contributed by atoms with van der Waals surface area (Å²) >= 11 is 5.97. The van der Waals surface area contributed by atoms with Crippen molar-refractivity contribution in [3.05, 3.63) is 58.1 Å². The number of nitrogens with one attached hydrogen (secondary N) is 1. The van der Waals surface area contributed by atoms with Crippen molar-refractivity contribution >= 4 is 23.2 Å². The minimum Gasteiger partial charge on any atom is -0.494 e. The monoisotopic (exact) mass is 375 g/mol. The number of anilines is 1. The van der Waals surface area contributed by atoms with Crippen molar-refractivity contribution in [1.29, 1.82) is 0 Å². The Morgan fingerprint density at radius 3 is 2.65 bits per heavy atom. The molecule has 2 aromatic carbocycles. The first kappa shape index (κ1) is 20.3. The first-order chi connectivity index (χ1) is 12.5. The Kier molecular flexibility index (Phi) is 7.95. The average Bonchev–Trinajstić information content (AvgIpc) is 2.62. The van der Waals surface area contributed by atoms with E-state index in [0.29, 0.717) is 30.4 Å². The van der Waals surface area contributed by atoms with E-state index >= 15 is 0 Å². The van der Waals surface area contributed by atoms with Crippen LogP contribution in [0.1, 0.15) is 48.2 Å². The molecule has 0 atom stereocenters. The Morgan fingerprint density at radius 1 is 1.15 bits per heavy atom. The molecule has 26 heavy (non-hydrogen) atoms. The number of ether oxygens (including phenoxy) is 2. The lowest BCUT2D eigenvalue weighted by Crippen LogP contribution is -2.13. The zero-order valence-electron chi connectivity index (χ0n) is 15.6. The third-order valence-electron chi connectivity index (χ3n) is 3.96. The van der Waals surface area contributed by atoms with Crippen LogP contribution in [0, 0.1) is 6.92 Å². The average molecular weight is 376 g/mol. The fourth-order valence-corrected chi connectivity index (χ4v) is 2.75. The van der Waals surface area contributed by atoms with Crippen LogP contribution in [0.2, 0.25) is 5.02 Å². The van der Waals surface area contributed by atoms with Crippen LogP contribution in [0.4, 0.5) is 5.69 Å². The first-order valence-electron chi connectivity index (χ1n) is 8.96. The smallest absolute Gasteiger partial charge is 0.255 e. The van der Waals surface area contributed by atoms with Crippen molar-refractivity contribution in [3.63, 3.8) is 0 Å². The molecule has 2 rings (SSSR count). The third-order valence-corrected chi connectivity index (χ3v) is 4.19. The second-order valence-corrected chi connectivity index (χ2v) is 6.51. The molecule has 0 spiro atoms. The molecule has 4 nitrogen and oxygen atoms in total. The second kappa shape index (κ2) is 10.2. The molecular weight excluding hydrogens is 350 g/mol. The van der Waals surface area contributed by atoms with Crippen LogP contribution in [0.5, 0.6) is 5.75 Å². The molecule has 5 heteroatoms. The van der Waals surface area contributed by atoms with Crippen molar-refractivity contribution in [2.45, 2.75) is 40.2 Å². The highest BCUT2D eigenvalue weighted by Crippen LogP contribution is 2.24. The van der Waals surface area contributed by atoms with Gasteiger partial charge in [-0.05, 0) is 62.2 Å². The maximum Gasteiger partial charge on any atom is 0.255 e. The van der Waals surface area contributed by atoms with E-state index in [9.17, 15) is 4.79 Å². The number of carbonyl (C=O) groups is 1. The fourth-order valence-electron chi connectivity index (χ4n) is 2.52. The van der Waals surface area contributed by atoms with Crippen molar-refractivity contribution in [1.82, 2.24) is 0 Å². The SMILES string of the molecule is CCCCOCc1cc(C(=O)Nc2ccc(Cl)cc2C)ccc1OCC. The van der Waals surface area contributed by atoms with E-state index in [4.69, 9.17) is 21.1 Å². The largest absolute Gasteiger partial charge is 0.494 e. The Morgan fingerprint density at radius 2 is 1.96 bits per heavy atom. The van der Waals surface area contributed by atoms with Gasteiger partial charge in [-0.25, -0.2) is 0 Å². The van der Waals surface area contributed by atoms with Gasteiger partial charge in [0.15, 0.2) is 0 Å². The topological polar surface area (TPSA) is 47.6 Å². The zero-order chi connectivity index (χ0) is 18.9.